The van der Waals surface area contributed by atoms with Gasteiger partial charge in [-0.15, -0.1) is 12.4 Å². The molecule has 0 aromatic heterocycles. The summed E-state index contributed by atoms with van der Waals surface area (Å²) in [5.74, 6) is -2.14. The van der Waals surface area contributed by atoms with E-state index < -0.39 is 17.2 Å². The van der Waals surface area contributed by atoms with Gasteiger partial charge in [0.1, 0.15) is 0 Å². The number of rotatable bonds is 5. The lowest BCUT2D eigenvalue weighted by molar-refractivity contribution is -0.126. The summed E-state index contributed by atoms with van der Waals surface area (Å²) >= 11 is 0. The minimum Gasteiger partial charge on any atom is -0.347 e. The number of hydrogen-bond acceptors (Lipinski definition) is 2. The zero-order valence-electron chi connectivity index (χ0n) is 12.1. The molecule has 0 aliphatic carbocycles. The molecular formula is C14H21ClF2N2O. The van der Waals surface area contributed by atoms with Crippen molar-refractivity contribution in [2.75, 3.05) is 13.6 Å². The van der Waals surface area contributed by atoms with Gasteiger partial charge in [0.25, 0.3) is 0 Å². The molecule has 0 saturated heterocycles. The average Bonchev–Trinajstić information content (AvgIpc) is 2.32. The molecule has 0 radical (unpaired) electrons. The summed E-state index contributed by atoms with van der Waals surface area (Å²) in [6.07, 6.45) is 0. The second-order valence-electron chi connectivity index (χ2n) is 5.20. The van der Waals surface area contributed by atoms with Gasteiger partial charge in [-0.2, -0.15) is 0 Å². The molecule has 2 N–H and O–H groups in total. The fourth-order valence-corrected chi connectivity index (χ4v) is 1.79. The van der Waals surface area contributed by atoms with Gasteiger partial charge in [0.05, 0.1) is 5.54 Å². The van der Waals surface area contributed by atoms with Crippen LogP contribution in [0.1, 0.15) is 26.3 Å². The predicted molar refractivity (Wildman–Crippen MR) is 77.9 cm³/mol. The maximum atomic E-state index is 13.2. The Morgan fingerprint density at radius 3 is 2.40 bits per heavy atom. The molecule has 114 valence electrons. The molecule has 3 nitrogen and oxygen atoms in total. The monoisotopic (exact) mass is 306 g/mol. The summed E-state index contributed by atoms with van der Waals surface area (Å²) in [5.41, 5.74) is -0.232. The van der Waals surface area contributed by atoms with E-state index >= 15 is 0 Å². The van der Waals surface area contributed by atoms with Crippen molar-refractivity contribution in [2.24, 2.45) is 5.92 Å². The highest BCUT2D eigenvalue weighted by molar-refractivity contribution is 5.85. The molecule has 1 atom stereocenters. The van der Waals surface area contributed by atoms with Crippen LogP contribution in [0.4, 0.5) is 8.78 Å². The first kappa shape index (κ1) is 18.8. The van der Waals surface area contributed by atoms with Gasteiger partial charge in [0.2, 0.25) is 5.91 Å². The number of hydrogen-bond donors (Lipinski definition) is 2. The fraction of sp³-hybridized carbons (Fsp3) is 0.500. The van der Waals surface area contributed by atoms with Crippen molar-refractivity contribution >= 4 is 18.3 Å². The second kappa shape index (κ2) is 7.55. The highest BCUT2D eigenvalue weighted by Crippen LogP contribution is 2.22. The second-order valence-corrected chi connectivity index (χ2v) is 5.20. The van der Waals surface area contributed by atoms with E-state index in [2.05, 4.69) is 10.6 Å². The fourth-order valence-electron chi connectivity index (χ4n) is 1.79. The quantitative estimate of drug-likeness (QED) is 0.878. The lowest BCUT2D eigenvalue weighted by atomic mass is 9.93. The summed E-state index contributed by atoms with van der Waals surface area (Å²) < 4.78 is 26.1. The number of carbonyl (C=O) groups excluding carboxylic acids is 1. The Hall–Kier alpha value is -1.20. The Kier molecular flexibility index (Phi) is 7.09. The van der Waals surface area contributed by atoms with Crippen molar-refractivity contribution in [1.29, 1.82) is 0 Å². The van der Waals surface area contributed by atoms with Gasteiger partial charge in [0, 0.05) is 12.5 Å². The molecular weight excluding hydrogens is 286 g/mol. The van der Waals surface area contributed by atoms with Crippen molar-refractivity contribution in [3.63, 3.8) is 0 Å². The van der Waals surface area contributed by atoms with Gasteiger partial charge in [-0.3, -0.25) is 4.79 Å². The Labute approximate surface area is 124 Å². The molecule has 0 saturated carbocycles. The molecule has 0 aliphatic rings. The van der Waals surface area contributed by atoms with Crippen LogP contribution in [0.15, 0.2) is 18.2 Å². The lowest BCUT2D eigenvalue weighted by Gasteiger charge is -2.28. The third kappa shape index (κ3) is 4.72. The molecule has 0 spiro atoms. The Morgan fingerprint density at radius 2 is 1.90 bits per heavy atom. The summed E-state index contributed by atoms with van der Waals surface area (Å²) in [4.78, 5) is 12.0. The third-order valence-electron chi connectivity index (χ3n) is 3.03. The molecule has 0 fully saturated rings. The van der Waals surface area contributed by atoms with Crippen LogP contribution in [-0.4, -0.2) is 19.5 Å². The average molecular weight is 307 g/mol. The van der Waals surface area contributed by atoms with E-state index in [0.29, 0.717) is 12.1 Å². The van der Waals surface area contributed by atoms with Crippen molar-refractivity contribution in [1.82, 2.24) is 10.6 Å². The van der Waals surface area contributed by atoms with Gasteiger partial charge in [0.15, 0.2) is 11.6 Å². The molecule has 1 aromatic carbocycles. The van der Waals surface area contributed by atoms with Crippen molar-refractivity contribution in [3.8, 4) is 0 Å². The largest absolute Gasteiger partial charge is 0.347 e. The summed E-state index contributed by atoms with van der Waals surface area (Å²) in [7, 11) is 1.77. The first-order valence-corrected chi connectivity index (χ1v) is 6.20. The molecule has 1 amide bonds. The van der Waals surface area contributed by atoms with Crippen LogP contribution in [-0.2, 0) is 10.3 Å². The minimum atomic E-state index is -0.914. The molecule has 0 heterocycles. The van der Waals surface area contributed by atoms with E-state index in [0.717, 1.165) is 12.1 Å². The van der Waals surface area contributed by atoms with Crippen LogP contribution in [0.3, 0.4) is 0 Å². The molecule has 1 rings (SSSR count). The first-order chi connectivity index (χ1) is 8.77. The smallest absolute Gasteiger partial charge is 0.224 e. The van der Waals surface area contributed by atoms with Crippen molar-refractivity contribution in [2.45, 2.75) is 26.3 Å². The topological polar surface area (TPSA) is 41.1 Å². The lowest BCUT2D eigenvalue weighted by Crippen LogP contribution is -2.45. The maximum absolute atomic E-state index is 13.2. The van der Waals surface area contributed by atoms with E-state index in [9.17, 15) is 13.6 Å². The number of carbonyl (C=O) groups is 1. The number of amides is 1. The van der Waals surface area contributed by atoms with Crippen molar-refractivity contribution in [3.05, 3.63) is 35.4 Å². The summed E-state index contributed by atoms with van der Waals surface area (Å²) in [6.45, 7) is 5.86. The normalized spacial score (nSPS) is 12.5. The molecule has 20 heavy (non-hydrogen) atoms. The highest BCUT2D eigenvalue weighted by atomic mass is 35.5. The SMILES string of the molecule is CNCC(C)C(=O)NC(C)(C)c1ccc(F)c(F)c1.Cl. The van der Waals surface area contributed by atoms with Gasteiger partial charge >= 0.3 is 0 Å². The molecule has 0 aliphatic heterocycles. The third-order valence-corrected chi connectivity index (χ3v) is 3.03. The van der Waals surface area contributed by atoms with Crippen LogP contribution >= 0.6 is 12.4 Å². The van der Waals surface area contributed by atoms with Crippen molar-refractivity contribution < 1.29 is 13.6 Å². The van der Waals surface area contributed by atoms with Crippen LogP contribution in [0, 0.1) is 17.6 Å². The van der Waals surface area contributed by atoms with E-state index in [1.165, 1.54) is 6.07 Å². The Bertz CT molecular complexity index is 466. The van der Waals surface area contributed by atoms with Gasteiger partial charge in [-0.25, -0.2) is 8.78 Å². The first-order valence-electron chi connectivity index (χ1n) is 6.20. The van der Waals surface area contributed by atoms with Gasteiger partial charge < -0.3 is 10.6 Å². The van der Waals surface area contributed by atoms with Gasteiger partial charge in [-0.1, -0.05) is 13.0 Å². The molecule has 1 aromatic rings. The zero-order valence-corrected chi connectivity index (χ0v) is 12.9. The number of benzene rings is 1. The van der Waals surface area contributed by atoms with Crippen LogP contribution in [0.2, 0.25) is 0 Å². The molecule has 1 unspecified atom stereocenters. The maximum Gasteiger partial charge on any atom is 0.224 e. The zero-order chi connectivity index (χ0) is 14.6. The van der Waals surface area contributed by atoms with Gasteiger partial charge in [-0.05, 0) is 38.6 Å². The molecule has 0 bridgehead atoms. The minimum absolute atomic E-state index is 0. The van der Waals surface area contributed by atoms with Crippen LogP contribution in [0.25, 0.3) is 0 Å². The van der Waals surface area contributed by atoms with E-state index in [-0.39, 0.29) is 24.2 Å². The Balaban J connectivity index is 0.00000361. The van der Waals surface area contributed by atoms with E-state index in [4.69, 9.17) is 0 Å². The number of nitrogens with one attached hydrogen (secondary N) is 2. The van der Waals surface area contributed by atoms with E-state index in [1.54, 1.807) is 27.8 Å². The molecule has 6 heteroatoms. The van der Waals surface area contributed by atoms with Crippen LogP contribution < -0.4 is 10.6 Å². The summed E-state index contributed by atoms with van der Waals surface area (Å²) in [6, 6.07) is 3.65. The van der Waals surface area contributed by atoms with E-state index in [1.807, 2.05) is 0 Å². The summed E-state index contributed by atoms with van der Waals surface area (Å²) in [5, 5.41) is 5.76. The Morgan fingerprint density at radius 1 is 1.30 bits per heavy atom. The highest BCUT2D eigenvalue weighted by Gasteiger charge is 2.26. The number of halogens is 3. The predicted octanol–water partition coefficient (Wildman–Crippen LogP) is 2.59. The van der Waals surface area contributed by atoms with Crippen LogP contribution in [0.5, 0.6) is 0 Å². The standard InChI is InChI=1S/C14H20F2N2O.ClH/c1-9(8-17-4)13(19)18-14(2,3)10-5-6-11(15)12(16)7-10;/h5-7,9,17H,8H2,1-4H3,(H,18,19);1H.